The summed E-state index contributed by atoms with van der Waals surface area (Å²) in [4.78, 5) is 39.7. The minimum absolute atomic E-state index is 0.0628. The molecule has 1 aromatic heterocycles. The maximum absolute atomic E-state index is 13.6. The molecule has 2 aromatic carbocycles. The number of Topliss-reactive ketones (excluding diaryl/α,β-unsaturated/α-hetero) is 1. The number of ketones is 1. The van der Waals surface area contributed by atoms with Gasteiger partial charge in [0, 0.05) is 24.0 Å². The highest BCUT2D eigenvalue weighted by Crippen LogP contribution is 2.29. The third kappa shape index (κ3) is 5.18. The van der Waals surface area contributed by atoms with Crippen LogP contribution < -0.4 is 10.6 Å². The van der Waals surface area contributed by atoms with Crippen molar-refractivity contribution in [2.75, 3.05) is 10.6 Å². The largest absolute Gasteiger partial charge is 0.465 e. The third-order valence-electron chi connectivity index (χ3n) is 4.10. The number of nitrogens with one attached hydrogen (secondary N) is 2. The van der Waals surface area contributed by atoms with Crippen molar-refractivity contribution in [3.05, 3.63) is 77.3 Å². The van der Waals surface area contributed by atoms with E-state index < -0.39 is 30.0 Å². The average Bonchev–Trinajstić information content (AvgIpc) is 2.72. The molecule has 3 rings (SSSR count). The van der Waals surface area contributed by atoms with Crippen molar-refractivity contribution < 1.29 is 23.9 Å². The first kappa shape index (κ1) is 20.9. The van der Waals surface area contributed by atoms with E-state index in [1.165, 1.54) is 0 Å². The summed E-state index contributed by atoms with van der Waals surface area (Å²) < 4.78 is 13.6. The van der Waals surface area contributed by atoms with Gasteiger partial charge in [0.05, 0.1) is 22.8 Å². The fourth-order valence-electron chi connectivity index (χ4n) is 2.73. The zero-order valence-electron chi connectivity index (χ0n) is 15.4. The van der Waals surface area contributed by atoms with Gasteiger partial charge in [-0.2, -0.15) is 0 Å². The number of benzene rings is 2. The number of aromatic nitrogens is 1. The highest BCUT2D eigenvalue weighted by molar-refractivity contribution is 6.31. The van der Waals surface area contributed by atoms with Crippen LogP contribution in [0.25, 0.3) is 11.1 Å². The lowest BCUT2D eigenvalue weighted by atomic mass is 10.0. The molecule has 0 fully saturated rings. The van der Waals surface area contributed by atoms with Crippen molar-refractivity contribution in [2.45, 2.75) is 6.42 Å². The van der Waals surface area contributed by atoms with Crippen molar-refractivity contribution in [2.24, 2.45) is 0 Å². The second-order valence-corrected chi connectivity index (χ2v) is 6.61. The fourth-order valence-corrected chi connectivity index (χ4v) is 2.89. The van der Waals surface area contributed by atoms with Gasteiger partial charge in [0.2, 0.25) is 5.91 Å². The van der Waals surface area contributed by atoms with Gasteiger partial charge in [0.25, 0.3) is 0 Å². The van der Waals surface area contributed by atoms with Crippen molar-refractivity contribution >= 4 is 40.8 Å². The van der Waals surface area contributed by atoms with Crippen LogP contribution in [0.2, 0.25) is 5.02 Å². The van der Waals surface area contributed by atoms with E-state index in [1.54, 1.807) is 42.7 Å². The molecule has 0 spiro atoms. The predicted molar refractivity (Wildman–Crippen MR) is 110 cm³/mol. The van der Waals surface area contributed by atoms with E-state index in [4.69, 9.17) is 16.7 Å². The lowest BCUT2D eigenvalue weighted by molar-refractivity contribution is -0.115. The molecular weight excluding hydrogens is 413 g/mol. The molecule has 0 aliphatic rings. The second kappa shape index (κ2) is 9.15. The van der Waals surface area contributed by atoms with E-state index in [-0.39, 0.29) is 16.4 Å². The van der Waals surface area contributed by atoms with E-state index in [0.29, 0.717) is 5.56 Å². The Bertz CT molecular complexity index is 1120. The molecule has 0 unspecified atom stereocenters. The number of rotatable bonds is 6. The van der Waals surface area contributed by atoms with Crippen LogP contribution in [0.3, 0.4) is 0 Å². The van der Waals surface area contributed by atoms with E-state index in [2.05, 4.69) is 10.3 Å². The van der Waals surface area contributed by atoms with Gasteiger partial charge in [-0.05, 0) is 35.4 Å². The van der Waals surface area contributed by atoms with E-state index >= 15 is 0 Å². The molecule has 152 valence electrons. The Balaban J connectivity index is 1.75. The lowest BCUT2D eigenvalue weighted by Crippen LogP contribution is -2.18. The number of amides is 2. The number of carbonyl (C=O) groups excluding carboxylic acids is 2. The number of carbonyl (C=O) groups is 3. The summed E-state index contributed by atoms with van der Waals surface area (Å²) in [6.07, 6.45) is 1.32. The van der Waals surface area contributed by atoms with Crippen molar-refractivity contribution in [1.29, 1.82) is 0 Å². The van der Waals surface area contributed by atoms with Crippen LogP contribution in [-0.2, 0) is 4.79 Å². The van der Waals surface area contributed by atoms with Crippen LogP contribution in [-0.4, -0.2) is 27.9 Å². The van der Waals surface area contributed by atoms with Gasteiger partial charge >= 0.3 is 6.09 Å². The maximum atomic E-state index is 13.6. The standard InChI is InChI=1S/C21H15ClFN3O4/c22-15-9-17(18(10-16(15)23)26-21(29)30)25-20(28)11-19(27)14-3-1-2-13(8-14)12-4-6-24-7-5-12/h1-10,26H,11H2,(H,25,28)(H,29,30). The van der Waals surface area contributed by atoms with Crippen LogP contribution in [0.1, 0.15) is 16.8 Å². The quantitative estimate of drug-likeness (QED) is 0.385. The monoisotopic (exact) mass is 427 g/mol. The van der Waals surface area contributed by atoms with Crippen molar-refractivity contribution in [3.63, 3.8) is 0 Å². The molecule has 9 heteroatoms. The molecule has 3 N–H and O–H groups in total. The number of carboxylic acid groups (broad SMARTS) is 1. The summed E-state index contributed by atoms with van der Waals surface area (Å²) in [6, 6.07) is 12.3. The minimum atomic E-state index is -1.45. The number of anilines is 2. The highest BCUT2D eigenvalue weighted by Gasteiger charge is 2.17. The van der Waals surface area contributed by atoms with E-state index in [1.807, 2.05) is 11.4 Å². The molecule has 0 atom stereocenters. The number of hydrogen-bond donors (Lipinski definition) is 3. The summed E-state index contributed by atoms with van der Waals surface area (Å²) >= 11 is 5.71. The SMILES string of the molecule is O=C(O)Nc1cc(F)c(Cl)cc1NC(=O)CC(=O)c1cccc(-c2ccncc2)c1. The van der Waals surface area contributed by atoms with Crippen LogP contribution in [0.5, 0.6) is 0 Å². The van der Waals surface area contributed by atoms with Crippen LogP contribution >= 0.6 is 11.6 Å². The average molecular weight is 428 g/mol. The molecule has 0 aliphatic carbocycles. The smallest absolute Gasteiger partial charge is 0.409 e. The first-order valence-corrected chi connectivity index (χ1v) is 9.04. The first-order chi connectivity index (χ1) is 14.3. The Morgan fingerprint density at radius 2 is 1.67 bits per heavy atom. The van der Waals surface area contributed by atoms with Gasteiger partial charge < -0.3 is 10.4 Å². The molecule has 0 bridgehead atoms. The Kier molecular flexibility index (Phi) is 6.38. The summed E-state index contributed by atoms with van der Waals surface area (Å²) in [7, 11) is 0. The van der Waals surface area contributed by atoms with Crippen LogP contribution in [0.15, 0.2) is 60.9 Å². The molecule has 0 aliphatic heterocycles. The zero-order chi connectivity index (χ0) is 21.7. The van der Waals surface area contributed by atoms with Crippen molar-refractivity contribution in [1.82, 2.24) is 4.98 Å². The van der Waals surface area contributed by atoms with Gasteiger partial charge in [-0.1, -0.05) is 29.8 Å². The first-order valence-electron chi connectivity index (χ1n) is 8.66. The molecular formula is C21H15ClFN3O4. The van der Waals surface area contributed by atoms with Gasteiger partial charge in [0.1, 0.15) is 5.82 Å². The van der Waals surface area contributed by atoms with Crippen LogP contribution in [0, 0.1) is 5.82 Å². The molecule has 1 heterocycles. The third-order valence-corrected chi connectivity index (χ3v) is 4.39. The Morgan fingerprint density at radius 3 is 2.37 bits per heavy atom. The van der Waals surface area contributed by atoms with Crippen molar-refractivity contribution in [3.8, 4) is 11.1 Å². The van der Waals surface area contributed by atoms with Crippen LogP contribution in [0.4, 0.5) is 20.6 Å². The molecule has 0 radical (unpaired) electrons. The molecule has 0 saturated heterocycles. The van der Waals surface area contributed by atoms with E-state index in [0.717, 1.165) is 23.3 Å². The summed E-state index contributed by atoms with van der Waals surface area (Å²) in [5.74, 6) is -2.00. The van der Waals surface area contributed by atoms with E-state index in [9.17, 15) is 18.8 Å². The normalized spacial score (nSPS) is 10.3. The number of halogens is 2. The zero-order valence-corrected chi connectivity index (χ0v) is 16.1. The summed E-state index contributed by atoms with van der Waals surface area (Å²) in [6.45, 7) is 0. The topological polar surface area (TPSA) is 108 Å². The van der Waals surface area contributed by atoms with Gasteiger partial charge in [-0.3, -0.25) is 19.9 Å². The Hall–Kier alpha value is -3.78. The molecule has 30 heavy (non-hydrogen) atoms. The highest BCUT2D eigenvalue weighted by atomic mass is 35.5. The molecule has 3 aromatic rings. The molecule has 2 amide bonds. The fraction of sp³-hybridized carbons (Fsp3) is 0.0476. The lowest BCUT2D eigenvalue weighted by Gasteiger charge is -2.12. The number of hydrogen-bond acceptors (Lipinski definition) is 4. The summed E-state index contributed by atoms with van der Waals surface area (Å²) in [5.41, 5.74) is 1.73. The number of nitrogens with zero attached hydrogens (tertiary/aromatic N) is 1. The molecule has 0 saturated carbocycles. The maximum Gasteiger partial charge on any atom is 0.409 e. The van der Waals surface area contributed by atoms with Gasteiger partial charge in [0.15, 0.2) is 5.78 Å². The minimum Gasteiger partial charge on any atom is -0.465 e. The Morgan fingerprint density at radius 1 is 0.967 bits per heavy atom. The predicted octanol–water partition coefficient (Wildman–Crippen LogP) is 4.84. The summed E-state index contributed by atoms with van der Waals surface area (Å²) in [5, 5.41) is 12.9. The molecule has 7 nitrogen and oxygen atoms in total. The second-order valence-electron chi connectivity index (χ2n) is 6.21. The van der Waals surface area contributed by atoms with Gasteiger partial charge in [-0.15, -0.1) is 0 Å². The Labute approximate surface area is 175 Å². The van der Waals surface area contributed by atoms with Gasteiger partial charge in [-0.25, -0.2) is 9.18 Å². The number of pyridine rings is 1.